The van der Waals surface area contributed by atoms with Crippen molar-refractivity contribution in [1.82, 2.24) is 4.90 Å². The molecule has 102 valence electrons. The molecule has 1 aliphatic rings. The topological polar surface area (TPSA) is 69.6 Å². The van der Waals surface area contributed by atoms with Crippen LogP contribution in [0.4, 0.5) is 10.5 Å². The molecule has 1 atom stereocenters. The van der Waals surface area contributed by atoms with Crippen molar-refractivity contribution in [1.29, 1.82) is 0 Å². The molecule has 1 unspecified atom stereocenters. The number of aliphatic hydroxyl groups is 1. The number of likely N-dealkylation sites (tertiary alicyclic amines) is 1. The van der Waals surface area contributed by atoms with Gasteiger partial charge < -0.3 is 15.3 Å². The number of nitrogens with one attached hydrogen (secondary N) is 1. The summed E-state index contributed by atoms with van der Waals surface area (Å²) in [6.45, 7) is 2.89. The van der Waals surface area contributed by atoms with Crippen molar-refractivity contribution in [3.05, 3.63) is 29.8 Å². The van der Waals surface area contributed by atoms with Crippen LogP contribution in [-0.4, -0.2) is 41.5 Å². The van der Waals surface area contributed by atoms with Crippen LogP contribution in [-0.2, 0) is 0 Å². The lowest BCUT2D eigenvalue weighted by molar-refractivity contribution is 0.101. The molecule has 1 aromatic carbocycles. The first-order chi connectivity index (χ1) is 9.10. The fourth-order valence-corrected chi connectivity index (χ4v) is 2.16. The van der Waals surface area contributed by atoms with E-state index in [0.29, 0.717) is 24.3 Å². The Balaban J connectivity index is 1.94. The predicted octanol–water partition coefficient (Wildman–Crippen LogP) is 1.74. The Morgan fingerprint density at radius 3 is 2.58 bits per heavy atom. The minimum Gasteiger partial charge on any atom is -0.396 e. The smallest absolute Gasteiger partial charge is 0.321 e. The summed E-state index contributed by atoms with van der Waals surface area (Å²) in [5.41, 5.74) is 1.29. The molecule has 5 heteroatoms. The first-order valence-corrected chi connectivity index (χ1v) is 6.38. The van der Waals surface area contributed by atoms with E-state index in [9.17, 15) is 9.59 Å². The molecular formula is C14H18N2O3. The van der Waals surface area contributed by atoms with Crippen molar-refractivity contribution >= 4 is 17.5 Å². The third kappa shape index (κ3) is 3.32. The Labute approximate surface area is 112 Å². The number of hydrogen-bond acceptors (Lipinski definition) is 3. The Hall–Kier alpha value is -1.88. The van der Waals surface area contributed by atoms with E-state index in [1.807, 2.05) is 0 Å². The number of carbonyl (C=O) groups excluding carboxylic acids is 2. The summed E-state index contributed by atoms with van der Waals surface area (Å²) < 4.78 is 0. The van der Waals surface area contributed by atoms with Gasteiger partial charge in [0.05, 0.1) is 0 Å². The number of rotatable bonds is 3. The van der Waals surface area contributed by atoms with Crippen LogP contribution < -0.4 is 5.32 Å². The molecule has 1 fully saturated rings. The molecule has 0 aromatic heterocycles. The first kappa shape index (κ1) is 13.5. The third-order valence-electron chi connectivity index (χ3n) is 3.37. The Kier molecular flexibility index (Phi) is 4.16. The normalized spacial score (nSPS) is 18.4. The summed E-state index contributed by atoms with van der Waals surface area (Å²) in [6.07, 6.45) is 0.840. The molecule has 2 N–H and O–H groups in total. The number of urea groups is 1. The second-order valence-corrected chi connectivity index (χ2v) is 4.85. The molecule has 0 radical (unpaired) electrons. The Morgan fingerprint density at radius 1 is 1.37 bits per heavy atom. The summed E-state index contributed by atoms with van der Waals surface area (Å²) in [4.78, 5) is 24.8. The number of hydrogen-bond donors (Lipinski definition) is 2. The molecule has 0 aliphatic carbocycles. The van der Waals surface area contributed by atoms with E-state index in [0.717, 1.165) is 6.42 Å². The first-order valence-electron chi connectivity index (χ1n) is 6.38. The van der Waals surface area contributed by atoms with Crippen LogP contribution in [0, 0.1) is 5.92 Å². The summed E-state index contributed by atoms with van der Waals surface area (Å²) in [5.74, 6) is 0.189. The van der Waals surface area contributed by atoms with Gasteiger partial charge in [0.25, 0.3) is 0 Å². The van der Waals surface area contributed by atoms with Gasteiger partial charge in [-0.15, -0.1) is 0 Å². The molecule has 1 aromatic rings. The van der Waals surface area contributed by atoms with Crippen molar-refractivity contribution in [2.75, 3.05) is 25.0 Å². The zero-order valence-corrected chi connectivity index (χ0v) is 10.9. The lowest BCUT2D eigenvalue weighted by Gasteiger charge is -2.17. The quantitative estimate of drug-likeness (QED) is 0.815. The number of nitrogens with zero attached hydrogens (tertiary/aromatic N) is 1. The predicted molar refractivity (Wildman–Crippen MR) is 72.2 cm³/mol. The molecule has 1 saturated heterocycles. The fraction of sp³-hybridized carbons (Fsp3) is 0.429. The Morgan fingerprint density at radius 2 is 2.05 bits per heavy atom. The monoisotopic (exact) mass is 262 g/mol. The third-order valence-corrected chi connectivity index (χ3v) is 3.37. The number of benzene rings is 1. The number of carbonyl (C=O) groups is 2. The maximum atomic E-state index is 12.0. The number of ketones is 1. The second kappa shape index (κ2) is 5.84. The van der Waals surface area contributed by atoms with Gasteiger partial charge in [0.2, 0.25) is 0 Å². The van der Waals surface area contributed by atoms with E-state index in [4.69, 9.17) is 5.11 Å². The minimum atomic E-state index is -0.161. The molecular weight excluding hydrogens is 244 g/mol. The summed E-state index contributed by atoms with van der Waals surface area (Å²) >= 11 is 0. The molecule has 1 heterocycles. The molecule has 5 nitrogen and oxygen atoms in total. The van der Waals surface area contributed by atoms with Crippen LogP contribution in [0.3, 0.4) is 0 Å². The van der Waals surface area contributed by atoms with Gasteiger partial charge in [-0.25, -0.2) is 4.79 Å². The van der Waals surface area contributed by atoms with Crippen molar-refractivity contribution in [3.8, 4) is 0 Å². The van der Waals surface area contributed by atoms with E-state index in [2.05, 4.69) is 5.32 Å². The zero-order valence-electron chi connectivity index (χ0n) is 10.9. The maximum absolute atomic E-state index is 12.0. The largest absolute Gasteiger partial charge is 0.396 e. The highest BCUT2D eigenvalue weighted by molar-refractivity contribution is 5.95. The number of Topliss-reactive ketones (excluding diaryl/α,β-unsaturated/α-hetero) is 1. The zero-order chi connectivity index (χ0) is 13.8. The molecule has 1 aliphatic heterocycles. The van der Waals surface area contributed by atoms with Gasteiger partial charge in [-0.05, 0) is 37.6 Å². The molecule has 0 saturated carbocycles. The summed E-state index contributed by atoms with van der Waals surface area (Å²) in [5, 5.41) is 11.8. The fourth-order valence-electron chi connectivity index (χ4n) is 2.16. The van der Waals surface area contributed by atoms with Gasteiger partial charge in [0.15, 0.2) is 5.78 Å². The molecule has 19 heavy (non-hydrogen) atoms. The van der Waals surface area contributed by atoms with E-state index < -0.39 is 0 Å². The molecule has 2 amide bonds. The Bertz CT molecular complexity index is 470. The van der Waals surface area contributed by atoms with Crippen LogP contribution in [0.15, 0.2) is 24.3 Å². The van der Waals surface area contributed by atoms with Gasteiger partial charge in [-0.3, -0.25) is 4.79 Å². The van der Waals surface area contributed by atoms with Crippen LogP contribution in [0.2, 0.25) is 0 Å². The van der Waals surface area contributed by atoms with Crippen LogP contribution in [0.5, 0.6) is 0 Å². The van der Waals surface area contributed by atoms with Crippen molar-refractivity contribution in [3.63, 3.8) is 0 Å². The standard InChI is InChI=1S/C14H18N2O3/c1-10(18)12-2-4-13(5-3-12)15-14(19)16-7-6-11(8-16)9-17/h2-5,11,17H,6-9H2,1H3,(H,15,19). The van der Waals surface area contributed by atoms with Crippen molar-refractivity contribution in [2.45, 2.75) is 13.3 Å². The van der Waals surface area contributed by atoms with E-state index >= 15 is 0 Å². The van der Waals surface area contributed by atoms with Gasteiger partial charge in [-0.1, -0.05) is 0 Å². The van der Waals surface area contributed by atoms with Crippen molar-refractivity contribution in [2.24, 2.45) is 5.92 Å². The van der Waals surface area contributed by atoms with Crippen LogP contribution in [0.1, 0.15) is 23.7 Å². The van der Waals surface area contributed by atoms with Crippen molar-refractivity contribution < 1.29 is 14.7 Å². The molecule has 0 spiro atoms. The SMILES string of the molecule is CC(=O)c1ccc(NC(=O)N2CCC(CO)C2)cc1. The highest BCUT2D eigenvalue weighted by atomic mass is 16.3. The van der Waals surface area contributed by atoms with E-state index in [1.165, 1.54) is 6.92 Å². The van der Waals surface area contributed by atoms with E-state index in [-0.39, 0.29) is 24.3 Å². The van der Waals surface area contributed by atoms with E-state index in [1.54, 1.807) is 29.2 Å². The van der Waals surface area contributed by atoms with Gasteiger partial charge >= 0.3 is 6.03 Å². The average molecular weight is 262 g/mol. The number of aliphatic hydroxyl groups excluding tert-OH is 1. The van der Waals surface area contributed by atoms with Gasteiger partial charge in [0.1, 0.15) is 0 Å². The van der Waals surface area contributed by atoms with Gasteiger partial charge in [-0.2, -0.15) is 0 Å². The summed E-state index contributed by atoms with van der Waals surface area (Å²) in [6, 6.07) is 6.66. The van der Waals surface area contributed by atoms with Crippen LogP contribution in [0.25, 0.3) is 0 Å². The minimum absolute atomic E-state index is 0.00297. The number of amides is 2. The maximum Gasteiger partial charge on any atom is 0.321 e. The lowest BCUT2D eigenvalue weighted by Crippen LogP contribution is -2.33. The molecule has 0 bridgehead atoms. The second-order valence-electron chi connectivity index (χ2n) is 4.85. The highest BCUT2D eigenvalue weighted by Crippen LogP contribution is 2.17. The average Bonchev–Trinajstić information content (AvgIpc) is 2.88. The highest BCUT2D eigenvalue weighted by Gasteiger charge is 2.25. The van der Waals surface area contributed by atoms with Gasteiger partial charge in [0, 0.05) is 36.9 Å². The number of anilines is 1. The summed E-state index contributed by atoms with van der Waals surface area (Å²) in [7, 11) is 0. The lowest BCUT2D eigenvalue weighted by atomic mass is 10.1. The van der Waals surface area contributed by atoms with Crippen LogP contribution >= 0.6 is 0 Å². The molecule has 2 rings (SSSR count).